The van der Waals surface area contributed by atoms with Crippen LogP contribution in [-0.2, 0) is 0 Å². The van der Waals surface area contributed by atoms with Crippen molar-refractivity contribution in [1.29, 1.82) is 0 Å². The number of thiophene rings is 3. The van der Waals surface area contributed by atoms with Gasteiger partial charge in [-0.05, 0) is 116 Å². The Morgan fingerprint density at radius 3 is 1.37 bits per heavy atom. The first-order valence-electron chi connectivity index (χ1n) is 22.0. The van der Waals surface area contributed by atoms with E-state index >= 15 is 0 Å². The standard InChI is InChI=1S/C19H21NOS.C18H19NOS.C10H7F.C8H13NOS/c1-20(2)13-12-18(19-11-6-14-22-19)21-17-10-5-8-15-7-3-4-9-16(15)17;1-19-12-11-17(18-10-5-13-21-18)20-16-9-4-7-14-6-2-3-8-15(14)16;11-10-7-3-5-8-4-1-2-6-9(8)10;1-9-5-4-7(10)8-3-2-6-11-8/h3-11,14,18H,12-13H2,1-2H3;2-10,13,17,19H,11-12H2,1H3;1-7H;2-3,6-7,9-10H,4-5H2,1H3/t18-;17-;;7-/m00.0/s1. The average Bonchev–Trinajstić information content (AvgIpc) is 4.18. The van der Waals surface area contributed by atoms with Gasteiger partial charge in [-0.15, -0.1) is 34.0 Å². The summed E-state index contributed by atoms with van der Waals surface area (Å²) < 4.78 is 25.7. The largest absolute Gasteiger partial charge is 0.484 e. The second kappa shape index (κ2) is 26.5. The predicted molar refractivity (Wildman–Crippen MR) is 277 cm³/mol. The minimum Gasteiger partial charge on any atom is -0.484 e. The van der Waals surface area contributed by atoms with Crippen LogP contribution in [0.4, 0.5) is 4.39 Å². The van der Waals surface area contributed by atoms with E-state index in [0.717, 1.165) is 60.7 Å². The highest BCUT2D eigenvalue weighted by molar-refractivity contribution is 7.10. The summed E-state index contributed by atoms with van der Waals surface area (Å²) in [6.07, 6.45) is 2.65. The zero-order valence-corrected chi connectivity index (χ0v) is 40.1. The highest BCUT2D eigenvalue weighted by Crippen LogP contribution is 2.34. The van der Waals surface area contributed by atoms with Crippen LogP contribution in [-0.4, -0.2) is 57.8 Å². The fraction of sp³-hybridized carbons (Fsp3) is 0.236. The van der Waals surface area contributed by atoms with Crippen molar-refractivity contribution in [2.45, 2.75) is 37.6 Å². The molecule has 0 fully saturated rings. The van der Waals surface area contributed by atoms with Crippen molar-refractivity contribution in [2.24, 2.45) is 0 Å². The van der Waals surface area contributed by atoms with Crippen molar-refractivity contribution in [1.82, 2.24) is 15.5 Å². The van der Waals surface area contributed by atoms with Crippen molar-refractivity contribution < 1.29 is 19.0 Å². The molecule has 3 aromatic heterocycles. The molecule has 3 atom stereocenters. The van der Waals surface area contributed by atoms with Crippen molar-refractivity contribution in [3.8, 4) is 11.5 Å². The third-order valence-electron chi connectivity index (χ3n) is 10.5. The first-order valence-corrected chi connectivity index (χ1v) is 24.6. The summed E-state index contributed by atoms with van der Waals surface area (Å²) in [5.41, 5.74) is 0. The van der Waals surface area contributed by atoms with Gasteiger partial charge in [0.25, 0.3) is 0 Å². The summed E-state index contributed by atoms with van der Waals surface area (Å²) >= 11 is 5.12. The van der Waals surface area contributed by atoms with Gasteiger partial charge in [0.1, 0.15) is 29.5 Å². The van der Waals surface area contributed by atoms with Crippen molar-refractivity contribution in [3.63, 3.8) is 0 Å². The molecule has 10 heteroatoms. The van der Waals surface area contributed by atoms with Crippen LogP contribution in [0.3, 0.4) is 0 Å². The number of aliphatic hydroxyl groups excluding tert-OH is 1. The molecule has 338 valence electrons. The molecule has 65 heavy (non-hydrogen) atoms. The molecule has 0 aliphatic heterocycles. The molecular weight excluding hydrogens is 866 g/mol. The smallest absolute Gasteiger partial charge is 0.134 e. The molecule has 3 heterocycles. The highest BCUT2D eigenvalue weighted by Gasteiger charge is 2.17. The molecule has 0 unspecified atom stereocenters. The lowest BCUT2D eigenvalue weighted by Crippen LogP contribution is -2.18. The monoisotopic (exact) mass is 925 g/mol. The van der Waals surface area contributed by atoms with E-state index in [1.54, 1.807) is 46.1 Å². The summed E-state index contributed by atoms with van der Waals surface area (Å²) in [4.78, 5) is 5.82. The maximum atomic E-state index is 13.0. The van der Waals surface area contributed by atoms with Gasteiger partial charge in [-0.25, -0.2) is 4.39 Å². The average molecular weight is 926 g/mol. The van der Waals surface area contributed by atoms with Crippen molar-refractivity contribution in [2.75, 3.05) is 47.8 Å². The van der Waals surface area contributed by atoms with Gasteiger partial charge >= 0.3 is 0 Å². The predicted octanol–water partition coefficient (Wildman–Crippen LogP) is 14.0. The molecule has 0 amide bonds. The number of ether oxygens (including phenoxy) is 2. The minimum absolute atomic E-state index is 0.100. The van der Waals surface area contributed by atoms with E-state index in [4.69, 9.17) is 9.47 Å². The number of rotatable bonds is 16. The van der Waals surface area contributed by atoms with E-state index in [9.17, 15) is 9.50 Å². The lowest BCUT2D eigenvalue weighted by atomic mass is 10.1. The molecule has 9 aromatic rings. The van der Waals surface area contributed by atoms with Crippen LogP contribution in [0.1, 0.15) is 52.2 Å². The number of hydrogen-bond donors (Lipinski definition) is 3. The molecule has 0 saturated carbocycles. The van der Waals surface area contributed by atoms with Gasteiger partial charge in [0.2, 0.25) is 0 Å². The van der Waals surface area contributed by atoms with Gasteiger partial charge in [0.05, 0.1) is 6.10 Å². The molecule has 3 N–H and O–H groups in total. The normalized spacial score (nSPS) is 12.3. The maximum absolute atomic E-state index is 13.0. The molecule has 0 aliphatic carbocycles. The van der Waals surface area contributed by atoms with Crippen LogP contribution in [0.25, 0.3) is 32.3 Å². The van der Waals surface area contributed by atoms with E-state index in [0.29, 0.717) is 5.39 Å². The Balaban J connectivity index is 0.000000151. The van der Waals surface area contributed by atoms with Crippen LogP contribution in [0.5, 0.6) is 11.5 Å². The number of aliphatic hydroxyl groups is 1. The first-order chi connectivity index (χ1) is 31.8. The molecule has 0 radical (unpaired) electrons. The molecule has 0 saturated heterocycles. The number of halogens is 1. The third-order valence-corrected chi connectivity index (χ3v) is 13.4. The van der Waals surface area contributed by atoms with Gasteiger partial charge in [-0.1, -0.05) is 127 Å². The number of fused-ring (bicyclic) bond motifs is 3. The van der Waals surface area contributed by atoms with E-state index < -0.39 is 0 Å². The lowest BCUT2D eigenvalue weighted by molar-refractivity contribution is 0.171. The number of nitrogens with one attached hydrogen (secondary N) is 2. The summed E-state index contributed by atoms with van der Waals surface area (Å²) in [6, 6.07) is 54.2. The van der Waals surface area contributed by atoms with Gasteiger partial charge < -0.3 is 30.1 Å². The second-order valence-electron chi connectivity index (χ2n) is 15.6. The summed E-state index contributed by atoms with van der Waals surface area (Å²) in [5, 5.41) is 28.4. The zero-order valence-electron chi connectivity index (χ0n) is 37.6. The Hall–Kier alpha value is -5.43. The Bertz CT molecular complexity index is 2670. The van der Waals surface area contributed by atoms with E-state index in [2.05, 4.69) is 150 Å². The Morgan fingerprint density at radius 1 is 0.492 bits per heavy atom. The van der Waals surface area contributed by atoms with Crippen LogP contribution in [0.15, 0.2) is 180 Å². The van der Waals surface area contributed by atoms with Crippen LogP contribution in [0, 0.1) is 5.82 Å². The van der Waals surface area contributed by atoms with E-state index in [-0.39, 0.29) is 24.1 Å². The highest BCUT2D eigenvalue weighted by atomic mass is 32.1. The van der Waals surface area contributed by atoms with Crippen molar-refractivity contribution >= 4 is 66.3 Å². The molecule has 0 bridgehead atoms. The Morgan fingerprint density at radius 2 is 0.908 bits per heavy atom. The third kappa shape index (κ3) is 15.1. The SMILES string of the molecule is CN(C)CC[C@H](Oc1cccc2ccccc12)c1cccs1.CNCC[C@H](O)c1cccs1.CNCC[C@H](Oc1cccc2ccccc12)c1cccs1.Fc1cccc2ccccc12. The summed E-state index contributed by atoms with van der Waals surface area (Å²) in [5.74, 6) is 1.78. The van der Waals surface area contributed by atoms with Gasteiger partial charge in [-0.2, -0.15) is 0 Å². The van der Waals surface area contributed by atoms with Gasteiger partial charge in [0.15, 0.2) is 0 Å². The molecule has 9 rings (SSSR count). The lowest BCUT2D eigenvalue weighted by Gasteiger charge is -2.21. The number of nitrogens with zero attached hydrogens (tertiary/aromatic N) is 1. The second-order valence-corrected chi connectivity index (χ2v) is 18.5. The molecule has 0 spiro atoms. The van der Waals surface area contributed by atoms with E-state index in [1.165, 1.54) is 37.4 Å². The Kier molecular flexibility index (Phi) is 20.0. The summed E-state index contributed by atoms with van der Waals surface area (Å²) in [7, 11) is 8.07. The number of benzene rings is 6. The minimum atomic E-state index is -0.289. The van der Waals surface area contributed by atoms with Gasteiger partial charge in [0, 0.05) is 50.2 Å². The van der Waals surface area contributed by atoms with Crippen LogP contribution >= 0.6 is 34.0 Å². The molecule has 0 aliphatic rings. The van der Waals surface area contributed by atoms with Crippen LogP contribution < -0.4 is 20.1 Å². The Labute approximate surface area is 395 Å². The fourth-order valence-electron chi connectivity index (χ4n) is 7.11. The quantitative estimate of drug-likeness (QED) is 0.0897. The maximum Gasteiger partial charge on any atom is 0.134 e. The topological polar surface area (TPSA) is 66.0 Å². The van der Waals surface area contributed by atoms with Crippen molar-refractivity contribution in [3.05, 3.63) is 200 Å². The summed E-state index contributed by atoms with van der Waals surface area (Å²) in [6.45, 7) is 2.81. The molecular formula is C55H60FN3O3S3. The zero-order chi connectivity index (χ0) is 45.6. The van der Waals surface area contributed by atoms with E-state index in [1.807, 2.05) is 55.9 Å². The molecule has 6 aromatic carbocycles. The first kappa shape index (κ1) is 49.0. The number of hydrogen-bond acceptors (Lipinski definition) is 9. The molecule has 6 nitrogen and oxygen atoms in total. The van der Waals surface area contributed by atoms with Gasteiger partial charge in [-0.3, -0.25) is 0 Å². The fourth-order valence-corrected chi connectivity index (χ4v) is 9.44. The van der Waals surface area contributed by atoms with Crippen LogP contribution in [0.2, 0.25) is 0 Å².